The summed E-state index contributed by atoms with van der Waals surface area (Å²) in [7, 11) is 0. The van der Waals surface area contributed by atoms with Crippen molar-refractivity contribution in [1.29, 1.82) is 0 Å². The predicted octanol–water partition coefficient (Wildman–Crippen LogP) is 8.42. The lowest BCUT2D eigenvalue weighted by Gasteiger charge is -2.58. The first-order valence-corrected chi connectivity index (χ1v) is 12.5. The third kappa shape index (κ3) is 3.46. The molecule has 7 atom stereocenters. The molecule has 4 aliphatic rings. The standard InChI is InChI=1S/C27H46/c1-19(2)8-6-7-9-21-11-13-24-23-12-10-22-18-20(3)14-16-27(22,5)25(23)15-17-26(21,24)4/h10,19-21,23-25H,6-9,11-18H2,1-5H3/t20?,21?,23?,24?,25?,26-,27+/m1/s1. The molecule has 0 heterocycles. The smallest absolute Gasteiger partial charge is 0.00851 e. The van der Waals surface area contributed by atoms with Crippen molar-refractivity contribution in [1.82, 2.24) is 0 Å². The monoisotopic (exact) mass is 370 g/mol. The van der Waals surface area contributed by atoms with Gasteiger partial charge < -0.3 is 0 Å². The molecule has 154 valence electrons. The van der Waals surface area contributed by atoms with E-state index in [1.165, 1.54) is 70.6 Å². The lowest BCUT2D eigenvalue weighted by atomic mass is 9.47. The molecule has 0 heteroatoms. The van der Waals surface area contributed by atoms with E-state index in [0.29, 0.717) is 10.8 Å². The van der Waals surface area contributed by atoms with Crippen LogP contribution in [-0.2, 0) is 0 Å². The zero-order chi connectivity index (χ0) is 19.2. The first-order chi connectivity index (χ1) is 12.8. The molecule has 0 aromatic rings. The van der Waals surface area contributed by atoms with E-state index < -0.39 is 0 Å². The van der Waals surface area contributed by atoms with Crippen molar-refractivity contribution in [2.75, 3.05) is 0 Å². The zero-order valence-electron chi connectivity index (χ0n) is 19.0. The van der Waals surface area contributed by atoms with Gasteiger partial charge in [0.15, 0.2) is 0 Å². The Morgan fingerprint density at radius 3 is 2.59 bits per heavy atom. The molecule has 0 spiro atoms. The summed E-state index contributed by atoms with van der Waals surface area (Å²) < 4.78 is 0. The van der Waals surface area contributed by atoms with Gasteiger partial charge >= 0.3 is 0 Å². The Balaban J connectivity index is 1.46. The van der Waals surface area contributed by atoms with E-state index in [4.69, 9.17) is 0 Å². The highest BCUT2D eigenvalue weighted by atomic mass is 14.6. The minimum absolute atomic E-state index is 0.562. The maximum absolute atomic E-state index is 2.75. The summed E-state index contributed by atoms with van der Waals surface area (Å²) in [6.45, 7) is 12.6. The number of hydrogen-bond acceptors (Lipinski definition) is 0. The van der Waals surface area contributed by atoms with Crippen LogP contribution in [0.2, 0.25) is 0 Å². The van der Waals surface area contributed by atoms with Crippen molar-refractivity contribution in [3.8, 4) is 0 Å². The summed E-state index contributed by atoms with van der Waals surface area (Å²) in [5, 5.41) is 0. The molecule has 3 saturated carbocycles. The quantitative estimate of drug-likeness (QED) is 0.336. The van der Waals surface area contributed by atoms with E-state index >= 15 is 0 Å². The van der Waals surface area contributed by atoms with E-state index in [0.717, 1.165) is 35.5 Å². The van der Waals surface area contributed by atoms with Crippen molar-refractivity contribution >= 4 is 0 Å². The zero-order valence-corrected chi connectivity index (χ0v) is 19.0. The highest BCUT2D eigenvalue weighted by Gasteiger charge is 2.58. The SMILES string of the molecule is CC(C)CCCCC1CCC2C3CC=C4CC(C)CC[C@]4(C)C3CC[C@]12C. The molecule has 3 fully saturated rings. The van der Waals surface area contributed by atoms with Crippen LogP contribution in [0, 0.1) is 46.3 Å². The summed E-state index contributed by atoms with van der Waals surface area (Å²) >= 11 is 0. The molecule has 4 aliphatic carbocycles. The molecule has 0 aliphatic heterocycles. The van der Waals surface area contributed by atoms with E-state index in [1.807, 2.05) is 5.57 Å². The van der Waals surface area contributed by atoms with E-state index in [-0.39, 0.29) is 0 Å². The molecule has 4 rings (SSSR count). The number of allylic oxidation sites excluding steroid dienone is 2. The van der Waals surface area contributed by atoms with Crippen LogP contribution >= 0.6 is 0 Å². The number of hydrogen-bond donors (Lipinski definition) is 0. The van der Waals surface area contributed by atoms with Gasteiger partial charge in [0.1, 0.15) is 0 Å². The molecule has 0 nitrogen and oxygen atoms in total. The molecule has 0 amide bonds. The molecule has 0 bridgehead atoms. The van der Waals surface area contributed by atoms with Crippen LogP contribution < -0.4 is 0 Å². The van der Waals surface area contributed by atoms with Gasteiger partial charge in [-0.1, -0.05) is 65.5 Å². The topological polar surface area (TPSA) is 0 Å². The minimum Gasteiger partial charge on any atom is -0.0845 e. The largest absolute Gasteiger partial charge is 0.0845 e. The Kier molecular flexibility index (Phi) is 5.59. The molecular formula is C27H46. The third-order valence-electron chi connectivity index (χ3n) is 10.1. The summed E-state index contributed by atoms with van der Waals surface area (Å²) in [5.74, 6) is 5.88. The van der Waals surface area contributed by atoms with Gasteiger partial charge in [-0.25, -0.2) is 0 Å². The van der Waals surface area contributed by atoms with Gasteiger partial charge in [0.25, 0.3) is 0 Å². The van der Waals surface area contributed by atoms with E-state index in [1.54, 1.807) is 6.42 Å². The summed E-state index contributed by atoms with van der Waals surface area (Å²) in [4.78, 5) is 0. The molecule has 0 saturated heterocycles. The molecule has 0 radical (unpaired) electrons. The highest BCUT2D eigenvalue weighted by molar-refractivity contribution is 5.24. The summed E-state index contributed by atoms with van der Waals surface area (Å²) in [6.07, 6.45) is 20.6. The maximum atomic E-state index is 2.75. The molecule has 27 heavy (non-hydrogen) atoms. The Morgan fingerprint density at radius 2 is 1.81 bits per heavy atom. The van der Waals surface area contributed by atoms with Gasteiger partial charge in [-0.2, -0.15) is 0 Å². The van der Waals surface area contributed by atoms with Gasteiger partial charge in [-0.3, -0.25) is 0 Å². The first-order valence-electron chi connectivity index (χ1n) is 12.5. The van der Waals surface area contributed by atoms with Crippen molar-refractivity contribution in [2.24, 2.45) is 46.3 Å². The summed E-state index contributed by atoms with van der Waals surface area (Å²) in [6, 6.07) is 0. The van der Waals surface area contributed by atoms with Crippen LogP contribution in [0.3, 0.4) is 0 Å². The lowest BCUT2D eigenvalue weighted by molar-refractivity contribution is -0.0450. The van der Waals surface area contributed by atoms with Crippen LogP contribution in [0.5, 0.6) is 0 Å². The fourth-order valence-electron chi connectivity index (χ4n) is 8.37. The second kappa shape index (κ2) is 7.53. The number of unbranched alkanes of at least 4 members (excludes halogenated alkanes) is 1. The van der Waals surface area contributed by atoms with Gasteiger partial charge in [0, 0.05) is 0 Å². The Hall–Kier alpha value is -0.260. The second-order valence-corrected chi connectivity index (χ2v) is 12.1. The maximum Gasteiger partial charge on any atom is -0.00851 e. The van der Waals surface area contributed by atoms with Crippen LogP contribution in [0.1, 0.15) is 112 Å². The molecular weight excluding hydrogens is 324 g/mol. The average Bonchev–Trinajstić information content (AvgIpc) is 2.96. The van der Waals surface area contributed by atoms with Gasteiger partial charge in [-0.15, -0.1) is 0 Å². The molecule has 0 N–H and O–H groups in total. The fourth-order valence-corrected chi connectivity index (χ4v) is 8.37. The van der Waals surface area contributed by atoms with Gasteiger partial charge in [0.2, 0.25) is 0 Å². The lowest BCUT2D eigenvalue weighted by Crippen LogP contribution is -2.49. The van der Waals surface area contributed by atoms with Crippen LogP contribution in [0.25, 0.3) is 0 Å². The third-order valence-corrected chi connectivity index (χ3v) is 10.1. The van der Waals surface area contributed by atoms with Crippen LogP contribution in [0.4, 0.5) is 0 Å². The molecule has 5 unspecified atom stereocenters. The normalized spacial score (nSPS) is 46.6. The Labute approximate surface area is 170 Å². The van der Waals surface area contributed by atoms with Crippen LogP contribution in [0.15, 0.2) is 11.6 Å². The second-order valence-electron chi connectivity index (χ2n) is 12.1. The Morgan fingerprint density at radius 1 is 1.00 bits per heavy atom. The number of rotatable bonds is 5. The fraction of sp³-hybridized carbons (Fsp3) is 0.926. The first kappa shape index (κ1) is 20.0. The van der Waals surface area contributed by atoms with Crippen molar-refractivity contribution in [3.63, 3.8) is 0 Å². The van der Waals surface area contributed by atoms with E-state index in [2.05, 4.69) is 40.7 Å². The number of fused-ring (bicyclic) bond motifs is 5. The molecule has 0 aromatic carbocycles. The van der Waals surface area contributed by atoms with Crippen molar-refractivity contribution in [3.05, 3.63) is 11.6 Å². The molecule has 0 aromatic heterocycles. The van der Waals surface area contributed by atoms with Crippen molar-refractivity contribution in [2.45, 2.75) is 112 Å². The highest BCUT2D eigenvalue weighted by Crippen LogP contribution is 2.67. The average molecular weight is 371 g/mol. The summed E-state index contributed by atoms with van der Waals surface area (Å²) in [5.41, 5.74) is 3.10. The van der Waals surface area contributed by atoms with Crippen molar-refractivity contribution < 1.29 is 0 Å². The minimum atomic E-state index is 0.562. The Bertz CT molecular complexity index is 556. The van der Waals surface area contributed by atoms with Crippen LogP contribution in [-0.4, -0.2) is 0 Å². The van der Waals surface area contributed by atoms with E-state index in [9.17, 15) is 0 Å². The van der Waals surface area contributed by atoms with Gasteiger partial charge in [-0.05, 0) is 104 Å². The predicted molar refractivity (Wildman–Crippen MR) is 118 cm³/mol. The van der Waals surface area contributed by atoms with Gasteiger partial charge in [0.05, 0.1) is 0 Å².